The predicted molar refractivity (Wildman–Crippen MR) is 76.0 cm³/mol. The van der Waals surface area contributed by atoms with Crippen LogP contribution in [-0.4, -0.2) is 27.3 Å². The number of rotatable bonds is 6. The summed E-state index contributed by atoms with van der Waals surface area (Å²) in [6, 6.07) is 5.46. The lowest BCUT2D eigenvalue weighted by Crippen LogP contribution is -2.37. The molecule has 0 bridgehead atoms. The molecule has 0 unspecified atom stereocenters. The van der Waals surface area contributed by atoms with Crippen molar-refractivity contribution in [2.75, 3.05) is 6.54 Å². The van der Waals surface area contributed by atoms with Crippen molar-refractivity contribution in [3.8, 4) is 0 Å². The van der Waals surface area contributed by atoms with E-state index in [0.717, 1.165) is 18.5 Å². The zero-order valence-electron chi connectivity index (χ0n) is 11.5. The molecule has 0 aliphatic rings. The van der Waals surface area contributed by atoms with Gasteiger partial charge in [0.15, 0.2) is 0 Å². The Balaban J connectivity index is 1.65. The zero-order valence-corrected chi connectivity index (χ0v) is 11.5. The number of carbonyl (C=O) groups is 1. The van der Waals surface area contributed by atoms with Gasteiger partial charge in [0.25, 0.3) is 0 Å². The Labute approximate surface area is 118 Å². The predicted octanol–water partition coefficient (Wildman–Crippen LogP) is 1.73. The van der Waals surface area contributed by atoms with Gasteiger partial charge >= 0.3 is 6.03 Å². The fourth-order valence-corrected chi connectivity index (χ4v) is 1.84. The SMILES string of the molecule is C[C@H](NC(=O)NCCCn1cccn1)c1cccnc1. The lowest BCUT2D eigenvalue weighted by Gasteiger charge is -2.14. The molecule has 6 nitrogen and oxygen atoms in total. The molecule has 2 N–H and O–H groups in total. The maximum absolute atomic E-state index is 11.7. The number of hydrogen-bond donors (Lipinski definition) is 2. The van der Waals surface area contributed by atoms with Crippen molar-refractivity contribution in [1.82, 2.24) is 25.4 Å². The second-order valence-corrected chi connectivity index (χ2v) is 4.53. The summed E-state index contributed by atoms with van der Waals surface area (Å²) in [5.41, 5.74) is 0.985. The van der Waals surface area contributed by atoms with Crippen LogP contribution in [0.15, 0.2) is 43.0 Å². The number of aromatic nitrogens is 3. The summed E-state index contributed by atoms with van der Waals surface area (Å²) >= 11 is 0. The number of nitrogens with one attached hydrogen (secondary N) is 2. The average Bonchev–Trinajstić information content (AvgIpc) is 2.98. The van der Waals surface area contributed by atoms with E-state index in [9.17, 15) is 4.79 Å². The minimum atomic E-state index is -0.165. The van der Waals surface area contributed by atoms with Crippen LogP contribution in [0.2, 0.25) is 0 Å². The topological polar surface area (TPSA) is 71.8 Å². The molecule has 2 rings (SSSR count). The van der Waals surface area contributed by atoms with Crippen LogP contribution in [0.25, 0.3) is 0 Å². The molecule has 2 aromatic heterocycles. The van der Waals surface area contributed by atoms with Crippen LogP contribution in [0.5, 0.6) is 0 Å². The van der Waals surface area contributed by atoms with Crippen LogP contribution >= 0.6 is 0 Å². The van der Waals surface area contributed by atoms with E-state index < -0.39 is 0 Å². The van der Waals surface area contributed by atoms with Crippen molar-refractivity contribution >= 4 is 6.03 Å². The third-order valence-corrected chi connectivity index (χ3v) is 2.94. The number of carbonyl (C=O) groups excluding carboxylic acids is 1. The maximum Gasteiger partial charge on any atom is 0.315 e. The second-order valence-electron chi connectivity index (χ2n) is 4.53. The fourth-order valence-electron chi connectivity index (χ4n) is 1.84. The molecular weight excluding hydrogens is 254 g/mol. The second kappa shape index (κ2) is 7.28. The Morgan fingerprint density at radius 2 is 2.30 bits per heavy atom. The van der Waals surface area contributed by atoms with Gasteiger partial charge in [0.1, 0.15) is 0 Å². The molecule has 20 heavy (non-hydrogen) atoms. The lowest BCUT2D eigenvalue weighted by atomic mass is 10.1. The molecule has 106 valence electrons. The van der Waals surface area contributed by atoms with Crippen molar-refractivity contribution in [3.63, 3.8) is 0 Å². The van der Waals surface area contributed by atoms with Crippen LogP contribution in [0, 0.1) is 0 Å². The third-order valence-electron chi connectivity index (χ3n) is 2.94. The molecular formula is C14H19N5O. The van der Waals surface area contributed by atoms with Crippen LogP contribution in [-0.2, 0) is 6.54 Å². The van der Waals surface area contributed by atoms with Gasteiger partial charge < -0.3 is 10.6 Å². The summed E-state index contributed by atoms with van der Waals surface area (Å²) in [5, 5.41) is 9.81. The van der Waals surface area contributed by atoms with Crippen LogP contribution < -0.4 is 10.6 Å². The molecule has 0 saturated carbocycles. The quantitative estimate of drug-likeness (QED) is 0.787. The molecule has 1 atom stereocenters. The third kappa shape index (κ3) is 4.38. The van der Waals surface area contributed by atoms with Gasteiger partial charge in [-0.05, 0) is 31.0 Å². The van der Waals surface area contributed by atoms with E-state index in [1.54, 1.807) is 18.6 Å². The minimum Gasteiger partial charge on any atom is -0.338 e. The molecule has 2 aromatic rings. The fraction of sp³-hybridized carbons (Fsp3) is 0.357. The first-order chi connectivity index (χ1) is 9.75. The highest BCUT2D eigenvalue weighted by Gasteiger charge is 2.08. The molecule has 6 heteroatoms. The zero-order chi connectivity index (χ0) is 14.2. The molecule has 0 aliphatic carbocycles. The molecule has 0 spiro atoms. The Bertz CT molecular complexity index is 512. The van der Waals surface area contributed by atoms with Gasteiger partial charge in [0.05, 0.1) is 6.04 Å². The number of urea groups is 1. The Morgan fingerprint density at radius 3 is 3.00 bits per heavy atom. The van der Waals surface area contributed by atoms with Gasteiger partial charge in [0.2, 0.25) is 0 Å². The van der Waals surface area contributed by atoms with E-state index in [4.69, 9.17) is 0 Å². The normalized spacial score (nSPS) is 11.8. The van der Waals surface area contributed by atoms with Crippen molar-refractivity contribution in [2.45, 2.75) is 25.9 Å². The summed E-state index contributed by atoms with van der Waals surface area (Å²) in [6.07, 6.45) is 7.96. The van der Waals surface area contributed by atoms with Crippen LogP contribution in [0.1, 0.15) is 24.9 Å². The van der Waals surface area contributed by atoms with Gasteiger partial charge in [-0.3, -0.25) is 9.67 Å². The molecule has 2 amide bonds. The minimum absolute atomic E-state index is 0.0604. The largest absolute Gasteiger partial charge is 0.338 e. The number of aryl methyl sites for hydroxylation is 1. The maximum atomic E-state index is 11.7. The summed E-state index contributed by atoms with van der Waals surface area (Å²) in [6.45, 7) is 3.34. The van der Waals surface area contributed by atoms with E-state index in [2.05, 4.69) is 20.7 Å². The number of pyridine rings is 1. The van der Waals surface area contributed by atoms with E-state index >= 15 is 0 Å². The average molecular weight is 273 g/mol. The smallest absolute Gasteiger partial charge is 0.315 e. The van der Waals surface area contributed by atoms with Gasteiger partial charge in [-0.2, -0.15) is 5.10 Å². The molecule has 2 heterocycles. The standard InChI is InChI=1S/C14H19N5O/c1-12(13-5-2-6-15-11-13)18-14(20)16-7-3-9-19-10-4-8-17-19/h2,4-6,8,10-12H,3,7,9H2,1H3,(H2,16,18,20)/t12-/m0/s1. The van der Waals surface area contributed by atoms with Crippen LogP contribution in [0.3, 0.4) is 0 Å². The van der Waals surface area contributed by atoms with Gasteiger partial charge in [-0.25, -0.2) is 4.79 Å². The van der Waals surface area contributed by atoms with E-state index in [1.807, 2.05) is 36.0 Å². The van der Waals surface area contributed by atoms with Crippen LogP contribution in [0.4, 0.5) is 4.79 Å². The summed E-state index contributed by atoms with van der Waals surface area (Å²) in [4.78, 5) is 15.8. The molecule has 0 radical (unpaired) electrons. The molecule has 0 aromatic carbocycles. The Morgan fingerprint density at radius 1 is 1.40 bits per heavy atom. The molecule has 0 aliphatic heterocycles. The Hall–Kier alpha value is -2.37. The van der Waals surface area contributed by atoms with Crippen molar-refractivity contribution in [1.29, 1.82) is 0 Å². The number of hydrogen-bond acceptors (Lipinski definition) is 3. The number of nitrogens with zero attached hydrogens (tertiary/aromatic N) is 3. The highest BCUT2D eigenvalue weighted by molar-refractivity contribution is 5.74. The summed E-state index contributed by atoms with van der Waals surface area (Å²) in [7, 11) is 0. The van der Waals surface area contributed by atoms with E-state index in [1.165, 1.54) is 0 Å². The molecule has 0 saturated heterocycles. The van der Waals surface area contributed by atoms with Crippen molar-refractivity contribution < 1.29 is 4.79 Å². The van der Waals surface area contributed by atoms with Crippen molar-refractivity contribution in [2.24, 2.45) is 0 Å². The number of amides is 2. The van der Waals surface area contributed by atoms with E-state index in [-0.39, 0.29) is 12.1 Å². The van der Waals surface area contributed by atoms with Gasteiger partial charge in [-0.15, -0.1) is 0 Å². The first-order valence-electron chi connectivity index (χ1n) is 6.67. The highest BCUT2D eigenvalue weighted by atomic mass is 16.2. The van der Waals surface area contributed by atoms with E-state index in [0.29, 0.717) is 6.54 Å². The summed E-state index contributed by atoms with van der Waals surface area (Å²) < 4.78 is 1.85. The van der Waals surface area contributed by atoms with Gasteiger partial charge in [-0.1, -0.05) is 6.07 Å². The van der Waals surface area contributed by atoms with Gasteiger partial charge in [0, 0.05) is 37.9 Å². The first-order valence-corrected chi connectivity index (χ1v) is 6.67. The Kier molecular flexibility index (Phi) is 5.11. The van der Waals surface area contributed by atoms with Crippen molar-refractivity contribution in [3.05, 3.63) is 48.5 Å². The highest BCUT2D eigenvalue weighted by Crippen LogP contribution is 2.08. The summed E-state index contributed by atoms with van der Waals surface area (Å²) in [5.74, 6) is 0. The lowest BCUT2D eigenvalue weighted by molar-refractivity contribution is 0.237. The molecule has 0 fully saturated rings. The monoisotopic (exact) mass is 273 g/mol. The first kappa shape index (κ1) is 14.0.